The van der Waals surface area contributed by atoms with E-state index in [2.05, 4.69) is 5.32 Å². The summed E-state index contributed by atoms with van der Waals surface area (Å²) in [5.74, 6) is -0.151. The molecular weight excluding hydrogens is 342 g/mol. The van der Waals surface area contributed by atoms with Crippen LogP contribution < -0.4 is 11.1 Å². The van der Waals surface area contributed by atoms with Crippen LogP contribution in [0.2, 0.25) is 0 Å². The Bertz CT molecular complexity index is 875. The molecule has 1 aliphatic rings. The molecule has 0 saturated heterocycles. The number of rotatable bonds is 5. The number of benzene rings is 2. The van der Waals surface area contributed by atoms with Gasteiger partial charge >= 0.3 is 5.97 Å². The quantitative estimate of drug-likeness (QED) is 0.430. The van der Waals surface area contributed by atoms with Crippen molar-refractivity contribution in [1.29, 1.82) is 5.41 Å². The number of anilines is 1. The average molecular weight is 365 g/mol. The zero-order valence-corrected chi connectivity index (χ0v) is 15.2. The maximum atomic E-state index is 12.5. The van der Waals surface area contributed by atoms with Crippen molar-refractivity contribution < 1.29 is 14.3 Å². The maximum absolute atomic E-state index is 12.5. The Hall–Kier alpha value is -3.15. The molecule has 140 valence electrons. The number of esters is 1. The Labute approximate surface area is 158 Å². The first-order chi connectivity index (χ1) is 13.0. The zero-order valence-electron chi connectivity index (χ0n) is 15.2. The van der Waals surface area contributed by atoms with Gasteiger partial charge in [-0.2, -0.15) is 0 Å². The van der Waals surface area contributed by atoms with E-state index in [4.69, 9.17) is 15.9 Å². The molecule has 0 heterocycles. The van der Waals surface area contributed by atoms with Gasteiger partial charge in [0.05, 0.1) is 7.11 Å². The highest BCUT2D eigenvalue weighted by Gasteiger charge is 2.22. The maximum Gasteiger partial charge on any atom is 0.305 e. The monoisotopic (exact) mass is 365 g/mol. The van der Waals surface area contributed by atoms with Crippen molar-refractivity contribution in [1.82, 2.24) is 0 Å². The van der Waals surface area contributed by atoms with Crippen LogP contribution in [0.15, 0.2) is 42.5 Å². The van der Waals surface area contributed by atoms with Crippen molar-refractivity contribution in [2.45, 2.75) is 25.7 Å². The number of amidine groups is 1. The van der Waals surface area contributed by atoms with E-state index in [-0.39, 0.29) is 23.6 Å². The van der Waals surface area contributed by atoms with Crippen LogP contribution in [0.5, 0.6) is 0 Å². The molecule has 2 aromatic carbocycles. The molecule has 0 fully saturated rings. The highest BCUT2D eigenvalue weighted by molar-refractivity contribution is 6.05. The molecule has 0 bridgehead atoms. The van der Waals surface area contributed by atoms with E-state index in [9.17, 15) is 9.59 Å². The Morgan fingerprint density at radius 3 is 2.52 bits per heavy atom. The third kappa shape index (κ3) is 4.53. The van der Waals surface area contributed by atoms with Crippen LogP contribution in [0.1, 0.15) is 39.9 Å². The fourth-order valence-corrected chi connectivity index (χ4v) is 3.41. The summed E-state index contributed by atoms with van der Waals surface area (Å²) in [7, 11) is 1.41. The molecule has 6 nitrogen and oxygen atoms in total. The SMILES string of the molecule is COC(=O)CC1CCc2ccc(NC(=O)c3ccc(C(=N)N)cc3)cc2C1. The smallest absolute Gasteiger partial charge is 0.305 e. The third-order valence-corrected chi connectivity index (χ3v) is 4.94. The van der Waals surface area contributed by atoms with Crippen LogP contribution in [-0.2, 0) is 22.4 Å². The van der Waals surface area contributed by atoms with E-state index in [1.54, 1.807) is 24.3 Å². The number of amides is 1. The topological polar surface area (TPSA) is 105 Å². The van der Waals surface area contributed by atoms with Crippen LogP contribution in [0, 0.1) is 11.3 Å². The van der Waals surface area contributed by atoms with Crippen molar-refractivity contribution in [3.05, 3.63) is 64.7 Å². The summed E-state index contributed by atoms with van der Waals surface area (Å²) >= 11 is 0. The normalized spacial score (nSPS) is 15.5. The standard InChI is InChI=1S/C21H23N3O3/c1-27-19(25)11-13-2-3-14-8-9-18(12-17(14)10-13)24-21(26)16-6-4-15(5-7-16)20(22)23/h4-9,12-13H,2-3,10-11H2,1H3,(H3,22,23)(H,24,26). The Balaban J connectivity index is 1.69. The molecule has 0 radical (unpaired) electrons. The van der Waals surface area contributed by atoms with E-state index in [0.717, 1.165) is 24.9 Å². The summed E-state index contributed by atoms with van der Waals surface area (Å²) in [6, 6.07) is 12.5. The molecular formula is C21H23N3O3. The summed E-state index contributed by atoms with van der Waals surface area (Å²) in [5.41, 5.74) is 9.67. The van der Waals surface area contributed by atoms with Crippen molar-refractivity contribution in [2.24, 2.45) is 11.7 Å². The molecule has 0 aromatic heterocycles. The van der Waals surface area contributed by atoms with E-state index in [1.165, 1.54) is 18.2 Å². The molecule has 0 saturated carbocycles. The Kier molecular flexibility index (Phi) is 5.54. The number of carbonyl (C=O) groups is 2. The molecule has 0 aliphatic heterocycles. The number of methoxy groups -OCH3 is 1. The lowest BCUT2D eigenvalue weighted by molar-refractivity contribution is -0.141. The minimum atomic E-state index is -0.216. The molecule has 1 aliphatic carbocycles. The summed E-state index contributed by atoms with van der Waals surface area (Å²) in [6.45, 7) is 0. The van der Waals surface area contributed by atoms with Gasteiger partial charge < -0.3 is 15.8 Å². The highest BCUT2D eigenvalue weighted by atomic mass is 16.5. The Morgan fingerprint density at radius 2 is 1.85 bits per heavy atom. The van der Waals surface area contributed by atoms with Crippen molar-refractivity contribution in [3.63, 3.8) is 0 Å². The summed E-state index contributed by atoms with van der Waals surface area (Å²) in [6.07, 6.45) is 3.13. The first kappa shape index (κ1) is 18.6. The van der Waals surface area contributed by atoms with Gasteiger partial charge in [-0.3, -0.25) is 15.0 Å². The molecule has 3 rings (SSSR count). The van der Waals surface area contributed by atoms with Gasteiger partial charge in [0, 0.05) is 23.2 Å². The minimum absolute atomic E-state index is 0.0295. The summed E-state index contributed by atoms with van der Waals surface area (Å²) < 4.78 is 4.77. The number of carbonyl (C=O) groups excluding carboxylic acids is 2. The van der Waals surface area contributed by atoms with Crippen LogP contribution in [0.25, 0.3) is 0 Å². The van der Waals surface area contributed by atoms with Gasteiger partial charge in [-0.05, 0) is 60.6 Å². The van der Waals surface area contributed by atoms with Crippen LogP contribution in [0.3, 0.4) is 0 Å². The van der Waals surface area contributed by atoms with E-state index in [1.807, 2.05) is 18.2 Å². The summed E-state index contributed by atoms with van der Waals surface area (Å²) in [5, 5.41) is 10.3. The Morgan fingerprint density at radius 1 is 1.15 bits per heavy atom. The van der Waals surface area contributed by atoms with Crippen LogP contribution >= 0.6 is 0 Å². The van der Waals surface area contributed by atoms with Gasteiger partial charge in [0.2, 0.25) is 0 Å². The van der Waals surface area contributed by atoms with Crippen molar-refractivity contribution in [3.8, 4) is 0 Å². The number of hydrogen-bond donors (Lipinski definition) is 3. The molecule has 4 N–H and O–H groups in total. The molecule has 27 heavy (non-hydrogen) atoms. The largest absolute Gasteiger partial charge is 0.469 e. The molecule has 1 unspecified atom stereocenters. The van der Waals surface area contributed by atoms with Gasteiger partial charge in [-0.15, -0.1) is 0 Å². The van der Waals surface area contributed by atoms with Gasteiger partial charge in [0.15, 0.2) is 0 Å². The van der Waals surface area contributed by atoms with Crippen LogP contribution in [0.4, 0.5) is 5.69 Å². The first-order valence-corrected chi connectivity index (χ1v) is 8.90. The second-order valence-electron chi connectivity index (χ2n) is 6.82. The minimum Gasteiger partial charge on any atom is -0.469 e. The van der Waals surface area contributed by atoms with Gasteiger partial charge in [-0.25, -0.2) is 0 Å². The lowest BCUT2D eigenvalue weighted by Crippen LogP contribution is -2.19. The summed E-state index contributed by atoms with van der Waals surface area (Å²) in [4.78, 5) is 24.0. The number of nitrogens with two attached hydrogens (primary N) is 1. The fraction of sp³-hybridized carbons (Fsp3) is 0.286. The van der Waals surface area contributed by atoms with Gasteiger partial charge in [0.25, 0.3) is 5.91 Å². The van der Waals surface area contributed by atoms with E-state index >= 15 is 0 Å². The van der Waals surface area contributed by atoms with Crippen molar-refractivity contribution in [2.75, 3.05) is 12.4 Å². The number of nitrogens with one attached hydrogen (secondary N) is 2. The lowest BCUT2D eigenvalue weighted by Gasteiger charge is -2.24. The number of fused-ring (bicyclic) bond motifs is 1. The van der Waals surface area contributed by atoms with E-state index < -0.39 is 0 Å². The van der Waals surface area contributed by atoms with Crippen LogP contribution in [-0.4, -0.2) is 24.8 Å². The highest BCUT2D eigenvalue weighted by Crippen LogP contribution is 2.30. The average Bonchev–Trinajstić information content (AvgIpc) is 2.67. The molecule has 1 atom stereocenters. The van der Waals surface area contributed by atoms with E-state index in [0.29, 0.717) is 17.5 Å². The number of aryl methyl sites for hydroxylation is 1. The molecule has 2 aromatic rings. The first-order valence-electron chi connectivity index (χ1n) is 8.90. The lowest BCUT2D eigenvalue weighted by atomic mass is 9.82. The second-order valence-corrected chi connectivity index (χ2v) is 6.82. The predicted octanol–water partition coefficient (Wildman–Crippen LogP) is 2.89. The van der Waals surface area contributed by atoms with Crippen molar-refractivity contribution >= 4 is 23.4 Å². The van der Waals surface area contributed by atoms with Gasteiger partial charge in [-0.1, -0.05) is 18.2 Å². The second kappa shape index (κ2) is 8.03. The molecule has 1 amide bonds. The number of nitrogen functional groups attached to an aromatic ring is 1. The van der Waals surface area contributed by atoms with Gasteiger partial charge in [0.1, 0.15) is 5.84 Å². The third-order valence-electron chi connectivity index (χ3n) is 4.94. The fourth-order valence-electron chi connectivity index (χ4n) is 3.41. The molecule has 0 spiro atoms. The number of ether oxygens (including phenoxy) is 1. The zero-order chi connectivity index (χ0) is 19.4. The number of hydrogen-bond acceptors (Lipinski definition) is 4. The molecule has 6 heteroatoms. The predicted molar refractivity (Wildman–Crippen MR) is 104 cm³/mol.